The van der Waals surface area contributed by atoms with Crippen LogP contribution in [0.3, 0.4) is 0 Å². The van der Waals surface area contributed by atoms with Crippen molar-refractivity contribution in [1.82, 2.24) is 9.97 Å². The normalized spacial score (nSPS) is 10.0. The van der Waals surface area contributed by atoms with Crippen molar-refractivity contribution >= 4 is 17.3 Å². The quantitative estimate of drug-likeness (QED) is 0.522. The van der Waals surface area contributed by atoms with Crippen molar-refractivity contribution in [2.45, 2.75) is 0 Å². The van der Waals surface area contributed by atoms with Crippen LogP contribution in [0, 0.1) is 10.1 Å². The molecule has 3 N–H and O–H groups in total. The highest BCUT2D eigenvalue weighted by molar-refractivity contribution is 5.91. The standard InChI is InChI=1S/C12H10N4O6/c17-10(14-7-5-13-12(19)15-11(7)18)6-22-9-4-2-1-3-8(9)16(20)21/h1-5H,6H2,(H,14,17)(H2,13,15,18,19). The third kappa shape index (κ3) is 3.56. The van der Waals surface area contributed by atoms with E-state index in [0.29, 0.717) is 0 Å². The Morgan fingerprint density at radius 2 is 2.05 bits per heavy atom. The fraction of sp³-hybridized carbons (Fsp3) is 0.0833. The largest absolute Gasteiger partial charge is 0.477 e. The van der Waals surface area contributed by atoms with Gasteiger partial charge in [-0.1, -0.05) is 12.1 Å². The molecule has 1 aromatic heterocycles. The fourth-order valence-electron chi connectivity index (χ4n) is 1.56. The van der Waals surface area contributed by atoms with E-state index < -0.39 is 28.7 Å². The van der Waals surface area contributed by atoms with Crippen LogP contribution in [0.2, 0.25) is 0 Å². The number of para-hydroxylation sites is 2. The van der Waals surface area contributed by atoms with Crippen molar-refractivity contribution in [2.24, 2.45) is 0 Å². The van der Waals surface area contributed by atoms with Crippen LogP contribution in [0.25, 0.3) is 0 Å². The minimum atomic E-state index is -0.775. The highest BCUT2D eigenvalue weighted by Gasteiger charge is 2.15. The molecule has 114 valence electrons. The van der Waals surface area contributed by atoms with E-state index in [1.165, 1.54) is 24.3 Å². The highest BCUT2D eigenvalue weighted by Crippen LogP contribution is 2.25. The van der Waals surface area contributed by atoms with E-state index in [9.17, 15) is 24.5 Å². The fourth-order valence-corrected chi connectivity index (χ4v) is 1.56. The molecule has 10 nitrogen and oxygen atoms in total. The van der Waals surface area contributed by atoms with Crippen LogP contribution in [-0.2, 0) is 4.79 Å². The first-order chi connectivity index (χ1) is 10.5. The maximum Gasteiger partial charge on any atom is 0.325 e. The van der Waals surface area contributed by atoms with E-state index in [1.807, 2.05) is 4.98 Å². The SMILES string of the molecule is O=C(COc1ccccc1[N+](=O)[O-])Nc1c[nH]c(=O)[nH]c1=O. The Bertz CT molecular complexity index is 825. The van der Waals surface area contributed by atoms with Gasteiger partial charge in [0, 0.05) is 12.3 Å². The summed E-state index contributed by atoms with van der Waals surface area (Å²) in [6.45, 7) is -0.538. The summed E-state index contributed by atoms with van der Waals surface area (Å²) in [4.78, 5) is 48.1. The van der Waals surface area contributed by atoms with Crippen molar-refractivity contribution in [3.05, 3.63) is 61.4 Å². The number of ether oxygens (including phenoxy) is 1. The lowest BCUT2D eigenvalue weighted by Gasteiger charge is -2.07. The number of nitrogens with one attached hydrogen (secondary N) is 3. The molecule has 2 aromatic rings. The molecular formula is C12H10N4O6. The second-order valence-corrected chi connectivity index (χ2v) is 4.05. The molecule has 0 aliphatic carbocycles. The Morgan fingerprint density at radius 1 is 1.32 bits per heavy atom. The van der Waals surface area contributed by atoms with Crippen LogP contribution in [0.15, 0.2) is 40.1 Å². The summed E-state index contributed by atoms with van der Waals surface area (Å²) in [6.07, 6.45) is 1.03. The Morgan fingerprint density at radius 3 is 2.73 bits per heavy atom. The molecule has 0 bridgehead atoms. The van der Waals surface area contributed by atoms with Gasteiger partial charge in [-0.05, 0) is 6.07 Å². The zero-order valence-corrected chi connectivity index (χ0v) is 11.0. The summed E-state index contributed by atoms with van der Waals surface area (Å²) in [5, 5.41) is 13.0. The molecule has 1 heterocycles. The van der Waals surface area contributed by atoms with Gasteiger partial charge in [0.1, 0.15) is 5.69 Å². The molecule has 10 heteroatoms. The minimum absolute atomic E-state index is 0.0713. The molecule has 0 unspecified atom stereocenters. The molecule has 0 spiro atoms. The smallest absolute Gasteiger partial charge is 0.325 e. The van der Waals surface area contributed by atoms with Gasteiger partial charge >= 0.3 is 11.4 Å². The number of nitro benzene ring substituents is 1. The summed E-state index contributed by atoms with van der Waals surface area (Å²) < 4.78 is 5.06. The molecule has 0 aliphatic heterocycles. The molecule has 0 atom stereocenters. The van der Waals surface area contributed by atoms with E-state index in [1.54, 1.807) is 0 Å². The number of anilines is 1. The number of hydrogen-bond donors (Lipinski definition) is 3. The van der Waals surface area contributed by atoms with Crippen LogP contribution in [-0.4, -0.2) is 27.4 Å². The number of benzene rings is 1. The first-order valence-corrected chi connectivity index (χ1v) is 5.95. The Hall–Kier alpha value is -3.43. The minimum Gasteiger partial charge on any atom is -0.477 e. The van der Waals surface area contributed by atoms with Crippen molar-refractivity contribution < 1.29 is 14.5 Å². The van der Waals surface area contributed by atoms with Gasteiger partial charge in [0.05, 0.1) is 4.92 Å². The Kier molecular flexibility index (Phi) is 4.32. The predicted octanol–water partition coefficient (Wildman–Crippen LogP) is -0.0111. The second-order valence-electron chi connectivity index (χ2n) is 4.05. The van der Waals surface area contributed by atoms with Gasteiger partial charge in [0.25, 0.3) is 11.5 Å². The first-order valence-electron chi connectivity index (χ1n) is 5.95. The van der Waals surface area contributed by atoms with Gasteiger partial charge in [0.2, 0.25) is 0 Å². The lowest BCUT2D eigenvalue weighted by atomic mass is 10.3. The van der Waals surface area contributed by atoms with Gasteiger partial charge in [0.15, 0.2) is 12.4 Å². The predicted molar refractivity (Wildman–Crippen MR) is 74.9 cm³/mol. The summed E-state index contributed by atoms with van der Waals surface area (Å²) in [6, 6.07) is 5.57. The van der Waals surface area contributed by atoms with E-state index in [4.69, 9.17) is 4.74 Å². The lowest BCUT2D eigenvalue weighted by Crippen LogP contribution is -2.28. The van der Waals surface area contributed by atoms with E-state index >= 15 is 0 Å². The summed E-state index contributed by atoms with van der Waals surface area (Å²) in [7, 11) is 0. The number of aromatic amines is 2. The number of aromatic nitrogens is 2. The van der Waals surface area contributed by atoms with Gasteiger partial charge in [-0.3, -0.25) is 24.7 Å². The molecule has 0 saturated heterocycles. The number of amides is 1. The maximum atomic E-state index is 11.7. The number of carbonyl (C=O) groups is 1. The molecule has 22 heavy (non-hydrogen) atoms. The number of hydrogen-bond acceptors (Lipinski definition) is 6. The van der Waals surface area contributed by atoms with Gasteiger partial charge in [-0.2, -0.15) is 0 Å². The van der Waals surface area contributed by atoms with Gasteiger partial charge in [-0.25, -0.2) is 4.79 Å². The number of nitrogens with zero attached hydrogens (tertiary/aromatic N) is 1. The summed E-state index contributed by atoms with van der Waals surface area (Å²) in [5.74, 6) is -0.784. The molecule has 0 saturated carbocycles. The number of rotatable bonds is 5. The van der Waals surface area contributed by atoms with E-state index in [0.717, 1.165) is 6.20 Å². The molecular weight excluding hydrogens is 296 g/mol. The first kappa shape index (κ1) is 15.0. The van der Waals surface area contributed by atoms with Crippen LogP contribution >= 0.6 is 0 Å². The lowest BCUT2D eigenvalue weighted by molar-refractivity contribution is -0.385. The van der Waals surface area contributed by atoms with E-state index in [-0.39, 0.29) is 17.1 Å². The van der Waals surface area contributed by atoms with Crippen LogP contribution in [0.5, 0.6) is 5.75 Å². The average molecular weight is 306 g/mol. The third-order valence-electron chi connectivity index (χ3n) is 2.51. The second kappa shape index (κ2) is 6.35. The zero-order chi connectivity index (χ0) is 16.1. The Balaban J connectivity index is 2.03. The average Bonchev–Trinajstić information content (AvgIpc) is 2.48. The van der Waals surface area contributed by atoms with Crippen molar-refractivity contribution in [3.8, 4) is 5.75 Å². The number of H-pyrrole nitrogens is 2. The van der Waals surface area contributed by atoms with Crippen molar-refractivity contribution in [3.63, 3.8) is 0 Å². The van der Waals surface area contributed by atoms with Gasteiger partial charge < -0.3 is 15.0 Å². The van der Waals surface area contributed by atoms with Crippen LogP contribution < -0.4 is 21.3 Å². The number of nitro groups is 1. The van der Waals surface area contributed by atoms with E-state index in [2.05, 4.69) is 10.3 Å². The van der Waals surface area contributed by atoms with Crippen molar-refractivity contribution in [2.75, 3.05) is 11.9 Å². The highest BCUT2D eigenvalue weighted by atomic mass is 16.6. The molecule has 1 aromatic carbocycles. The molecule has 2 rings (SSSR count). The van der Waals surface area contributed by atoms with Crippen molar-refractivity contribution in [1.29, 1.82) is 0 Å². The Labute approximate surface area is 121 Å². The number of carbonyl (C=O) groups excluding carboxylic acids is 1. The maximum absolute atomic E-state index is 11.7. The molecule has 0 radical (unpaired) electrons. The molecule has 0 aliphatic rings. The third-order valence-corrected chi connectivity index (χ3v) is 2.51. The molecule has 0 fully saturated rings. The summed E-state index contributed by atoms with van der Waals surface area (Å²) in [5.41, 5.74) is -1.94. The van der Waals surface area contributed by atoms with Crippen LogP contribution in [0.1, 0.15) is 0 Å². The molecule has 1 amide bonds. The van der Waals surface area contributed by atoms with Crippen LogP contribution in [0.4, 0.5) is 11.4 Å². The van der Waals surface area contributed by atoms with Gasteiger partial charge in [-0.15, -0.1) is 0 Å². The summed E-state index contributed by atoms with van der Waals surface area (Å²) >= 11 is 0. The monoisotopic (exact) mass is 306 g/mol. The zero-order valence-electron chi connectivity index (χ0n) is 11.0. The topological polar surface area (TPSA) is 147 Å².